The maximum absolute atomic E-state index is 11.0. The Hall–Kier alpha value is -0.680. The van der Waals surface area contributed by atoms with Gasteiger partial charge >= 0.3 is 0 Å². The molecule has 0 saturated carbocycles. The van der Waals surface area contributed by atoms with Crippen molar-refractivity contribution in [2.75, 3.05) is 19.6 Å². The lowest BCUT2D eigenvalue weighted by molar-refractivity contribution is -0.121. The lowest BCUT2D eigenvalue weighted by atomic mass is 10.1. The summed E-state index contributed by atoms with van der Waals surface area (Å²) in [6.07, 6.45) is 0.688. The third-order valence-electron chi connectivity index (χ3n) is 2.32. The second-order valence-corrected chi connectivity index (χ2v) is 5.20. The third kappa shape index (κ3) is 7.59. The topological polar surface area (TPSA) is 72.3 Å². The molecule has 0 aromatic rings. The highest BCUT2D eigenvalue weighted by atomic mass is 32.1. The van der Waals surface area contributed by atoms with Crippen LogP contribution in [0.15, 0.2) is 0 Å². The van der Waals surface area contributed by atoms with Crippen LogP contribution in [0.3, 0.4) is 0 Å². The average molecular weight is 245 g/mol. The van der Waals surface area contributed by atoms with Crippen molar-refractivity contribution in [1.29, 1.82) is 0 Å². The lowest BCUT2D eigenvalue weighted by Crippen LogP contribution is -2.38. The monoisotopic (exact) mass is 245 g/mol. The zero-order valence-electron chi connectivity index (χ0n) is 10.4. The van der Waals surface area contributed by atoms with E-state index < -0.39 is 0 Å². The summed E-state index contributed by atoms with van der Waals surface area (Å²) >= 11 is 4.85. The Morgan fingerprint density at radius 2 is 1.81 bits per heavy atom. The molecule has 0 spiro atoms. The summed E-state index contributed by atoms with van der Waals surface area (Å²) in [7, 11) is 0. The van der Waals surface area contributed by atoms with Gasteiger partial charge in [0.2, 0.25) is 5.91 Å². The molecule has 1 atom stereocenters. The maximum atomic E-state index is 11.0. The first-order valence-corrected chi connectivity index (χ1v) is 6.03. The lowest BCUT2D eigenvalue weighted by Gasteiger charge is -2.26. The molecule has 0 heterocycles. The molecule has 1 amide bonds. The minimum Gasteiger partial charge on any atom is -0.393 e. The second-order valence-electron chi connectivity index (χ2n) is 4.67. The molecule has 0 aromatic carbocycles. The van der Waals surface area contributed by atoms with Crippen molar-refractivity contribution >= 4 is 23.1 Å². The van der Waals surface area contributed by atoms with Crippen molar-refractivity contribution in [3.63, 3.8) is 0 Å². The standard InChI is InChI=1S/C11H23N3OS/c1-8(2)6-14(5-4-10(12)16)7-9(3)11(13)15/h8-9H,4-7H2,1-3H3,(H2,12,16)(H2,13,15). The van der Waals surface area contributed by atoms with E-state index in [0.29, 0.717) is 23.9 Å². The Balaban J connectivity index is 4.19. The van der Waals surface area contributed by atoms with E-state index in [2.05, 4.69) is 18.7 Å². The minimum atomic E-state index is -0.260. The summed E-state index contributed by atoms with van der Waals surface area (Å²) in [5, 5.41) is 0. The van der Waals surface area contributed by atoms with E-state index in [1.807, 2.05) is 6.92 Å². The van der Waals surface area contributed by atoms with Gasteiger partial charge in [-0.15, -0.1) is 0 Å². The summed E-state index contributed by atoms with van der Waals surface area (Å²) in [5.74, 6) is 0.153. The molecule has 4 nitrogen and oxygen atoms in total. The van der Waals surface area contributed by atoms with E-state index in [1.165, 1.54) is 0 Å². The highest BCUT2D eigenvalue weighted by Gasteiger charge is 2.15. The Morgan fingerprint density at radius 3 is 2.19 bits per heavy atom. The third-order valence-corrected chi connectivity index (χ3v) is 2.52. The Bertz CT molecular complexity index is 243. The molecule has 0 fully saturated rings. The molecule has 0 aliphatic carbocycles. The van der Waals surface area contributed by atoms with E-state index in [-0.39, 0.29) is 11.8 Å². The molecule has 1 unspecified atom stereocenters. The van der Waals surface area contributed by atoms with Gasteiger partial charge in [0.15, 0.2) is 0 Å². The normalized spacial score (nSPS) is 13.1. The zero-order valence-corrected chi connectivity index (χ0v) is 11.2. The van der Waals surface area contributed by atoms with E-state index in [1.54, 1.807) is 0 Å². The quantitative estimate of drug-likeness (QED) is 0.619. The molecule has 0 bridgehead atoms. The van der Waals surface area contributed by atoms with Gasteiger partial charge in [0.1, 0.15) is 0 Å². The molecule has 5 heteroatoms. The van der Waals surface area contributed by atoms with Gasteiger partial charge in [0.25, 0.3) is 0 Å². The van der Waals surface area contributed by atoms with Crippen molar-refractivity contribution in [1.82, 2.24) is 4.90 Å². The highest BCUT2D eigenvalue weighted by molar-refractivity contribution is 7.80. The molecular formula is C11H23N3OS. The number of thiocarbonyl (C=S) groups is 1. The van der Waals surface area contributed by atoms with E-state index in [4.69, 9.17) is 23.7 Å². The van der Waals surface area contributed by atoms with Gasteiger partial charge in [-0.05, 0) is 5.92 Å². The van der Waals surface area contributed by atoms with Gasteiger partial charge in [-0.25, -0.2) is 0 Å². The average Bonchev–Trinajstić information content (AvgIpc) is 2.12. The number of hydrogen-bond acceptors (Lipinski definition) is 3. The fraction of sp³-hybridized carbons (Fsp3) is 0.818. The van der Waals surface area contributed by atoms with Crippen LogP contribution in [0.25, 0.3) is 0 Å². The fourth-order valence-electron chi connectivity index (χ4n) is 1.52. The van der Waals surface area contributed by atoms with Crippen LogP contribution in [-0.4, -0.2) is 35.4 Å². The van der Waals surface area contributed by atoms with E-state index >= 15 is 0 Å². The van der Waals surface area contributed by atoms with E-state index in [0.717, 1.165) is 13.1 Å². The molecule has 0 aromatic heterocycles. The van der Waals surface area contributed by atoms with Crippen LogP contribution in [0, 0.1) is 11.8 Å². The number of hydrogen-bond donors (Lipinski definition) is 2. The predicted molar refractivity (Wildman–Crippen MR) is 71.0 cm³/mol. The Morgan fingerprint density at radius 1 is 1.25 bits per heavy atom. The van der Waals surface area contributed by atoms with Gasteiger partial charge in [-0.3, -0.25) is 4.79 Å². The molecule has 16 heavy (non-hydrogen) atoms. The van der Waals surface area contributed by atoms with Crippen LogP contribution in [0.1, 0.15) is 27.2 Å². The zero-order chi connectivity index (χ0) is 12.7. The smallest absolute Gasteiger partial charge is 0.221 e. The number of nitrogens with two attached hydrogens (primary N) is 2. The molecule has 94 valence electrons. The van der Waals surface area contributed by atoms with Crippen molar-refractivity contribution in [3.05, 3.63) is 0 Å². The predicted octanol–water partition coefficient (Wildman–Crippen LogP) is 0.742. The number of amides is 1. The molecule has 4 N–H and O–H groups in total. The van der Waals surface area contributed by atoms with Crippen LogP contribution in [0.4, 0.5) is 0 Å². The summed E-state index contributed by atoms with van der Waals surface area (Å²) in [6.45, 7) is 8.53. The van der Waals surface area contributed by atoms with Gasteiger partial charge in [-0.2, -0.15) is 0 Å². The molecule has 0 aliphatic rings. The van der Waals surface area contributed by atoms with Crippen molar-refractivity contribution in [2.24, 2.45) is 23.3 Å². The summed E-state index contributed by atoms with van der Waals surface area (Å²) in [5.41, 5.74) is 10.7. The van der Waals surface area contributed by atoms with Crippen LogP contribution in [0.2, 0.25) is 0 Å². The summed E-state index contributed by atoms with van der Waals surface area (Å²) in [4.78, 5) is 13.7. The van der Waals surface area contributed by atoms with Crippen molar-refractivity contribution in [3.8, 4) is 0 Å². The highest BCUT2D eigenvalue weighted by Crippen LogP contribution is 2.05. The van der Waals surface area contributed by atoms with Crippen LogP contribution >= 0.6 is 12.2 Å². The van der Waals surface area contributed by atoms with Gasteiger partial charge in [-0.1, -0.05) is 33.0 Å². The Kier molecular flexibility index (Phi) is 7.25. The van der Waals surface area contributed by atoms with Crippen LogP contribution < -0.4 is 11.5 Å². The summed E-state index contributed by atoms with van der Waals surface area (Å²) < 4.78 is 0. The minimum absolute atomic E-state index is 0.134. The number of carbonyl (C=O) groups excluding carboxylic acids is 1. The van der Waals surface area contributed by atoms with Crippen molar-refractivity contribution in [2.45, 2.75) is 27.2 Å². The number of nitrogens with zero attached hydrogens (tertiary/aromatic N) is 1. The van der Waals surface area contributed by atoms with E-state index in [9.17, 15) is 4.79 Å². The number of primary amides is 1. The first-order valence-electron chi connectivity index (χ1n) is 5.63. The SMILES string of the molecule is CC(C)CN(CCC(N)=S)CC(C)C(N)=O. The van der Waals surface area contributed by atoms with Crippen LogP contribution in [-0.2, 0) is 4.79 Å². The number of carbonyl (C=O) groups is 1. The second kappa shape index (κ2) is 7.57. The largest absolute Gasteiger partial charge is 0.393 e. The first-order chi connectivity index (χ1) is 7.32. The number of rotatable bonds is 8. The first kappa shape index (κ1) is 15.3. The van der Waals surface area contributed by atoms with Gasteiger partial charge in [0, 0.05) is 32.0 Å². The maximum Gasteiger partial charge on any atom is 0.221 e. The summed E-state index contributed by atoms with van der Waals surface area (Å²) in [6, 6.07) is 0. The van der Waals surface area contributed by atoms with Crippen molar-refractivity contribution < 1.29 is 4.79 Å². The molecule has 0 aliphatic heterocycles. The molecule has 0 rings (SSSR count). The fourth-order valence-corrected chi connectivity index (χ4v) is 1.61. The van der Waals surface area contributed by atoms with Gasteiger partial charge < -0.3 is 16.4 Å². The Labute approximate surface area is 103 Å². The van der Waals surface area contributed by atoms with Crippen LogP contribution in [0.5, 0.6) is 0 Å². The molecule has 0 saturated heterocycles. The van der Waals surface area contributed by atoms with Gasteiger partial charge in [0.05, 0.1) is 4.99 Å². The molecule has 0 radical (unpaired) electrons. The molecular weight excluding hydrogens is 222 g/mol.